The summed E-state index contributed by atoms with van der Waals surface area (Å²) in [6, 6.07) is 9.33. The van der Waals surface area contributed by atoms with E-state index in [1.807, 2.05) is 0 Å². The Morgan fingerprint density at radius 1 is 1.11 bits per heavy atom. The summed E-state index contributed by atoms with van der Waals surface area (Å²) in [7, 11) is 0. The van der Waals surface area contributed by atoms with E-state index >= 15 is 0 Å². The fraction of sp³-hybridized carbons (Fsp3) is 0.647. The van der Waals surface area contributed by atoms with E-state index in [0.29, 0.717) is 5.92 Å². The molecule has 1 atom stereocenters. The summed E-state index contributed by atoms with van der Waals surface area (Å²) in [5, 5.41) is 0. The van der Waals surface area contributed by atoms with Crippen molar-refractivity contribution in [1.29, 1.82) is 0 Å². The average molecular weight is 245 g/mol. The van der Waals surface area contributed by atoms with Gasteiger partial charge in [0.05, 0.1) is 0 Å². The van der Waals surface area contributed by atoms with Gasteiger partial charge in [-0.2, -0.15) is 0 Å². The van der Waals surface area contributed by atoms with E-state index in [1.54, 1.807) is 5.56 Å². The Morgan fingerprint density at radius 2 is 1.78 bits per heavy atom. The lowest BCUT2D eigenvalue weighted by Gasteiger charge is -2.23. The summed E-state index contributed by atoms with van der Waals surface area (Å²) in [4.78, 5) is 0. The molecule has 0 radical (unpaired) electrons. The number of hydrogen-bond donors (Lipinski definition) is 1. The van der Waals surface area contributed by atoms with E-state index in [0.717, 1.165) is 12.5 Å². The van der Waals surface area contributed by atoms with Gasteiger partial charge in [0.25, 0.3) is 0 Å². The van der Waals surface area contributed by atoms with Crippen LogP contribution in [-0.4, -0.2) is 6.54 Å². The van der Waals surface area contributed by atoms with Gasteiger partial charge in [-0.25, -0.2) is 0 Å². The molecule has 0 saturated heterocycles. The van der Waals surface area contributed by atoms with Gasteiger partial charge in [0.2, 0.25) is 0 Å². The Bertz CT molecular complexity index is 311. The first kappa shape index (κ1) is 13.6. The molecule has 0 bridgehead atoms. The molecule has 0 heterocycles. The summed E-state index contributed by atoms with van der Waals surface area (Å²) in [6.45, 7) is 3.01. The zero-order chi connectivity index (χ0) is 12.8. The lowest BCUT2D eigenvalue weighted by atomic mass is 9.83. The van der Waals surface area contributed by atoms with Gasteiger partial charge in [0.15, 0.2) is 0 Å². The van der Waals surface area contributed by atoms with Crippen molar-refractivity contribution in [3.63, 3.8) is 0 Å². The van der Waals surface area contributed by atoms with Crippen molar-refractivity contribution in [3.05, 3.63) is 35.4 Å². The lowest BCUT2D eigenvalue weighted by molar-refractivity contribution is 0.443. The fourth-order valence-corrected chi connectivity index (χ4v) is 3.25. The molecular weight excluding hydrogens is 218 g/mol. The highest BCUT2D eigenvalue weighted by Gasteiger charge is 2.16. The Kier molecular flexibility index (Phi) is 5.25. The fourth-order valence-electron chi connectivity index (χ4n) is 3.25. The summed E-state index contributed by atoms with van der Waals surface area (Å²) in [5.74, 6) is 1.37. The molecule has 1 heteroatoms. The Hall–Kier alpha value is -0.820. The van der Waals surface area contributed by atoms with Gasteiger partial charge in [-0.05, 0) is 48.8 Å². The van der Waals surface area contributed by atoms with E-state index in [2.05, 4.69) is 31.2 Å². The van der Waals surface area contributed by atoms with Crippen LogP contribution in [0.3, 0.4) is 0 Å². The zero-order valence-corrected chi connectivity index (χ0v) is 11.7. The summed E-state index contributed by atoms with van der Waals surface area (Å²) < 4.78 is 0. The second-order valence-corrected chi connectivity index (χ2v) is 5.72. The molecule has 1 aliphatic carbocycles. The van der Waals surface area contributed by atoms with E-state index in [-0.39, 0.29) is 0 Å². The summed E-state index contributed by atoms with van der Waals surface area (Å²) in [6.07, 6.45) is 9.44. The first-order chi connectivity index (χ1) is 8.85. The molecule has 0 aromatic heterocycles. The number of benzene rings is 1. The minimum atomic E-state index is 0.551. The maximum Gasteiger partial charge on any atom is -0.000824 e. The van der Waals surface area contributed by atoms with Crippen LogP contribution < -0.4 is 5.73 Å². The average Bonchev–Trinajstić information content (AvgIpc) is 2.46. The third-order valence-electron chi connectivity index (χ3n) is 4.41. The Morgan fingerprint density at radius 3 is 2.33 bits per heavy atom. The SMILES string of the molecule is CCCC(CN)c1ccc(C2CCCCC2)cc1. The molecule has 2 rings (SSSR count). The highest BCUT2D eigenvalue weighted by atomic mass is 14.5. The molecule has 1 aromatic rings. The maximum atomic E-state index is 5.87. The Balaban J connectivity index is 2.03. The van der Waals surface area contributed by atoms with Crippen LogP contribution >= 0.6 is 0 Å². The second kappa shape index (κ2) is 6.94. The molecule has 1 aromatic carbocycles. The van der Waals surface area contributed by atoms with Crippen molar-refractivity contribution < 1.29 is 0 Å². The first-order valence-corrected chi connectivity index (χ1v) is 7.65. The molecule has 2 N–H and O–H groups in total. The van der Waals surface area contributed by atoms with Crippen molar-refractivity contribution in [1.82, 2.24) is 0 Å². The van der Waals surface area contributed by atoms with Crippen LogP contribution in [0.25, 0.3) is 0 Å². The van der Waals surface area contributed by atoms with E-state index in [1.165, 1.54) is 50.5 Å². The third kappa shape index (κ3) is 3.35. The molecule has 0 amide bonds. The summed E-state index contributed by atoms with van der Waals surface area (Å²) in [5.41, 5.74) is 8.85. The second-order valence-electron chi connectivity index (χ2n) is 5.72. The lowest BCUT2D eigenvalue weighted by Crippen LogP contribution is -2.12. The molecular formula is C17H27N. The highest BCUT2D eigenvalue weighted by molar-refractivity contribution is 5.28. The number of nitrogens with two attached hydrogens (primary N) is 1. The normalized spacial score (nSPS) is 18.8. The predicted octanol–water partition coefficient (Wildman–Crippen LogP) is 4.58. The predicted molar refractivity (Wildman–Crippen MR) is 79.0 cm³/mol. The molecule has 1 nitrogen and oxygen atoms in total. The van der Waals surface area contributed by atoms with Crippen LogP contribution in [0.5, 0.6) is 0 Å². The highest BCUT2D eigenvalue weighted by Crippen LogP contribution is 2.33. The third-order valence-corrected chi connectivity index (χ3v) is 4.41. The van der Waals surface area contributed by atoms with Crippen molar-refractivity contribution in [3.8, 4) is 0 Å². The molecule has 0 aliphatic heterocycles. The van der Waals surface area contributed by atoms with Gasteiger partial charge in [0.1, 0.15) is 0 Å². The van der Waals surface area contributed by atoms with Crippen molar-refractivity contribution >= 4 is 0 Å². The van der Waals surface area contributed by atoms with Gasteiger partial charge in [-0.1, -0.05) is 56.9 Å². The minimum absolute atomic E-state index is 0.551. The maximum absolute atomic E-state index is 5.87. The molecule has 1 unspecified atom stereocenters. The standard InChI is InChI=1S/C17H27N/c1-2-6-17(13-18)16-11-9-15(10-12-16)14-7-4-3-5-8-14/h9-12,14,17H,2-8,13,18H2,1H3. The van der Waals surface area contributed by atoms with Crippen LogP contribution in [0.15, 0.2) is 24.3 Å². The number of hydrogen-bond acceptors (Lipinski definition) is 1. The van der Waals surface area contributed by atoms with Crippen LogP contribution in [0.4, 0.5) is 0 Å². The van der Waals surface area contributed by atoms with Crippen molar-refractivity contribution in [2.24, 2.45) is 5.73 Å². The Labute approximate surface area is 112 Å². The van der Waals surface area contributed by atoms with Gasteiger partial charge in [-0.3, -0.25) is 0 Å². The van der Waals surface area contributed by atoms with Gasteiger partial charge in [0, 0.05) is 0 Å². The van der Waals surface area contributed by atoms with E-state index in [4.69, 9.17) is 5.73 Å². The summed E-state index contributed by atoms with van der Waals surface area (Å²) >= 11 is 0. The van der Waals surface area contributed by atoms with E-state index in [9.17, 15) is 0 Å². The molecule has 0 spiro atoms. The largest absolute Gasteiger partial charge is 0.330 e. The van der Waals surface area contributed by atoms with Crippen molar-refractivity contribution in [2.45, 2.75) is 63.7 Å². The van der Waals surface area contributed by atoms with Crippen LogP contribution in [0.1, 0.15) is 74.8 Å². The smallest absolute Gasteiger partial charge is 0.000824 e. The minimum Gasteiger partial charge on any atom is -0.330 e. The zero-order valence-electron chi connectivity index (χ0n) is 11.7. The number of rotatable bonds is 5. The van der Waals surface area contributed by atoms with E-state index < -0.39 is 0 Å². The molecule has 100 valence electrons. The van der Waals surface area contributed by atoms with Crippen LogP contribution in [-0.2, 0) is 0 Å². The molecule has 18 heavy (non-hydrogen) atoms. The van der Waals surface area contributed by atoms with Gasteiger partial charge in [-0.15, -0.1) is 0 Å². The topological polar surface area (TPSA) is 26.0 Å². The first-order valence-electron chi connectivity index (χ1n) is 7.65. The quantitative estimate of drug-likeness (QED) is 0.807. The molecule has 1 fully saturated rings. The van der Waals surface area contributed by atoms with Gasteiger partial charge >= 0.3 is 0 Å². The molecule has 1 aliphatic rings. The van der Waals surface area contributed by atoms with Gasteiger partial charge < -0.3 is 5.73 Å². The van der Waals surface area contributed by atoms with Crippen LogP contribution in [0.2, 0.25) is 0 Å². The van der Waals surface area contributed by atoms with Crippen LogP contribution in [0, 0.1) is 0 Å². The monoisotopic (exact) mass is 245 g/mol. The van der Waals surface area contributed by atoms with Crippen molar-refractivity contribution in [2.75, 3.05) is 6.54 Å². The molecule has 1 saturated carbocycles.